The Labute approximate surface area is 224 Å². The Balaban J connectivity index is 1.47. The number of nitrogens with two attached hydrogens (primary N) is 2. The van der Waals surface area contributed by atoms with Crippen LogP contribution in [-0.4, -0.2) is 24.0 Å². The minimum absolute atomic E-state index is 0.0113. The molecule has 4 aromatic heterocycles. The average molecular weight is 542 g/mol. The first-order valence-corrected chi connectivity index (χ1v) is 13.1. The number of aromatic nitrogens is 1. The molecule has 4 heterocycles. The summed E-state index contributed by atoms with van der Waals surface area (Å²) in [5.74, 6) is -0.633. The molecule has 0 saturated heterocycles. The molecule has 0 atom stereocenters. The molecule has 0 unspecified atom stereocenters. The number of carbonyl (C=O) groups excluding carboxylic acids is 2. The van der Waals surface area contributed by atoms with E-state index in [-0.39, 0.29) is 21.9 Å². The second kappa shape index (κ2) is 9.02. The highest BCUT2D eigenvalue weighted by molar-refractivity contribution is 7.22. The van der Waals surface area contributed by atoms with Gasteiger partial charge in [0.15, 0.2) is 0 Å². The van der Waals surface area contributed by atoms with Crippen LogP contribution in [0.5, 0.6) is 0 Å². The van der Waals surface area contributed by atoms with Crippen molar-refractivity contribution < 1.29 is 18.7 Å². The van der Waals surface area contributed by atoms with Crippen molar-refractivity contribution in [1.82, 2.24) is 4.98 Å². The fourth-order valence-electron chi connectivity index (χ4n) is 4.83. The number of rotatable bonds is 4. The molecule has 0 fully saturated rings. The van der Waals surface area contributed by atoms with Crippen LogP contribution < -0.4 is 16.8 Å². The highest BCUT2D eigenvalue weighted by Gasteiger charge is 2.31. The van der Waals surface area contributed by atoms with Gasteiger partial charge in [-0.05, 0) is 41.7 Å². The Morgan fingerprint density at radius 1 is 1.16 bits per heavy atom. The maximum Gasteiger partial charge on any atom is 0.341 e. The van der Waals surface area contributed by atoms with E-state index in [1.807, 2.05) is 18.2 Å². The smallest absolute Gasteiger partial charge is 0.341 e. The van der Waals surface area contributed by atoms with Crippen molar-refractivity contribution in [1.29, 1.82) is 5.26 Å². The molecule has 5 aromatic rings. The molecule has 0 bridgehead atoms. The van der Waals surface area contributed by atoms with Gasteiger partial charge in [0.05, 0.1) is 30.2 Å². The van der Waals surface area contributed by atoms with Gasteiger partial charge in [-0.25, -0.2) is 9.78 Å². The van der Waals surface area contributed by atoms with Crippen molar-refractivity contribution in [3.05, 3.63) is 69.8 Å². The Morgan fingerprint density at radius 2 is 1.97 bits per heavy atom. The highest BCUT2D eigenvalue weighted by atomic mass is 32.1. The standard InChI is InChI=1S/C27H19N5O4S2/c1-35-27(34)18-14-9-8-12-5-2-3-6-13(12)21(14)37-25(18)32-24(33)22-20(29)19-17(16-7-4-10-36-16)15(11-28)23(30)31-26(19)38-22/h2-7,10H,8-9,29H2,1H3,(H2,30,31)(H,32,33). The first kappa shape index (κ1) is 23.7. The van der Waals surface area contributed by atoms with Gasteiger partial charge in [-0.2, -0.15) is 5.26 Å². The van der Waals surface area contributed by atoms with Gasteiger partial charge >= 0.3 is 5.97 Å². The van der Waals surface area contributed by atoms with Crippen LogP contribution in [0.2, 0.25) is 0 Å². The van der Waals surface area contributed by atoms with Gasteiger partial charge < -0.3 is 25.9 Å². The van der Waals surface area contributed by atoms with E-state index in [0.29, 0.717) is 38.5 Å². The summed E-state index contributed by atoms with van der Waals surface area (Å²) >= 11 is 2.38. The fourth-order valence-corrected chi connectivity index (χ4v) is 7.13. The molecule has 0 saturated carbocycles. The number of hydrogen-bond acceptors (Lipinski definition) is 10. The van der Waals surface area contributed by atoms with Crippen LogP contribution in [0, 0.1) is 11.3 Å². The largest absolute Gasteiger partial charge is 0.465 e. The van der Waals surface area contributed by atoms with Crippen molar-refractivity contribution in [3.63, 3.8) is 0 Å². The van der Waals surface area contributed by atoms with Gasteiger partial charge in [0.1, 0.15) is 37.9 Å². The summed E-state index contributed by atoms with van der Waals surface area (Å²) in [5.41, 5.74) is 16.6. The van der Waals surface area contributed by atoms with E-state index < -0.39 is 11.9 Å². The zero-order valence-corrected chi connectivity index (χ0v) is 21.6. The molecule has 0 radical (unpaired) electrons. The third kappa shape index (κ3) is 3.53. The normalized spacial score (nSPS) is 12.0. The summed E-state index contributed by atoms with van der Waals surface area (Å²) < 4.78 is 10.6. The first-order valence-electron chi connectivity index (χ1n) is 11.5. The molecule has 188 valence electrons. The van der Waals surface area contributed by atoms with Gasteiger partial charge in [0, 0.05) is 10.3 Å². The van der Waals surface area contributed by atoms with Crippen LogP contribution >= 0.6 is 22.7 Å². The first-order chi connectivity index (χ1) is 18.4. The van der Waals surface area contributed by atoms with Crippen molar-refractivity contribution in [2.24, 2.45) is 0 Å². The maximum atomic E-state index is 13.6. The van der Waals surface area contributed by atoms with Crippen LogP contribution in [-0.2, 0) is 17.6 Å². The number of nitriles is 1. The number of esters is 1. The van der Waals surface area contributed by atoms with Gasteiger partial charge in [0.2, 0.25) is 0 Å². The number of benzene rings is 1. The number of nitrogens with zero attached hydrogens (tertiary/aromatic N) is 2. The highest BCUT2D eigenvalue weighted by Crippen LogP contribution is 2.47. The lowest BCUT2D eigenvalue weighted by Crippen LogP contribution is -2.15. The number of amides is 1. The lowest BCUT2D eigenvalue weighted by molar-refractivity contribution is 0.0601. The summed E-state index contributed by atoms with van der Waals surface area (Å²) in [6, 6.07) is 13.4. The lowest BCUT2D eigenvalue weighted by Gasteiger charge is -2.16. The van der Waals surface area contributed by atoms with Crippen molar-refractivity contribution >= 4 is 61.3 Å². The molecular weight excluding hydrogens is 522 g/mol. The third-order valence-corrected chi connectivity index (χ3v) is 8.80. The second-order valence-electron chi connectivity index (χ2n) is 8.58. The van der Waals surface area contributed by atoms with E-state index in [1.54, 1.807) is 12.1 Å². The minimum atomic E-state index is -0.519. The average Bonchev–Trinajstić information content (AvgIpc) is 3.65. The Morgan fingerprint density at radius 3 is 2.71 bits per heavy atom. The summed E-state index contributed by atoms with van der Waals surface area (Å²) in [6.45, 7) is 0. The number of thiophene rings is 2. The Bertz CT molecular complexity index is 1810. The topological polar surface area (TPSA) is 157 Å². The number of ether oxygens (including phenoxy) is 1. The van der Waals surface area contributed by atoms with E-state index in [4.69, 9.17) is 20.6 Å². The van der Waals surface area contributed by atoms with E-state index in [1.165, 1.54) is 30.3 Å². The van der Waals surface area contributed by atoms with E-state index >= 15 is 0 Å². The molecule has 38 heavy (non-hydrogen) atoms. The molecular formula is C27H19N5O4S2. The Hall–Kier alpha value is -4.66. The molecule has 1 amide bonds. The number of hydrogen-bond donors (Lipinski definition) is 3. The lowest BCUT2D eigenvalue weighted by atomic mass is 9.89. The molecule has 5 N–H and O–H groups in total. The number of furan rings is 1. The van der Waals surface area contributed by atoms with Crippen molar-refractivity contribution in [2.75, 3.05) is 23.9 Å². The van der Waals surface area contributed by atoms with Gasteiger partial charge in [-0.1, -0.05) is 24.3 Å². The number of fused-ring (bicyclic) bond motifs is 4. The molecule has 6 rings (SSSR count). The van der Waals surface area contributed by atoms with E-state index in [9.17, 15) is 14.9 Å². The van der Waals surface area contributed by atoms with Crippen LogP contribution in [0.15, 0.2) is 47.1 Å². The predicted molar refractivity (Wildman–Crippen MR) is 147 cm³/mol. The molecule has 0 spiro atoms. The molecule has 1 aliphatic carbocycles. The van der Waals surface area contributed by atoms with Crippen LogP contribution in [0.3, 0.4) is 0 Å². The zero-order chi connectivity index (χ0) is 26.6. The molecule has 1 aliphatic rings. The quantitative estimate of drug-likeness (QED) is 0.253. The van der Waals surface area contributed by atoms with Crippen LogP contribution in [0.4, 0.5) is 16.5 Å². The maximum absolute atomic E-state index is 13.6. The minimum Gasteiger partial charge on any atom is -0.465 e. The number of aryl methyl sites for hydroxylation is 1. The predicted octanol–water partition coefficient (Wildman–Crippen LogP) is 5.46. The second-order valence-corrected chi connectivity index (χ2v) is 10.6. The van der Waals surface area contributed by atoms with Crippen LogP contribution in [0.25, 0.3) is 32.0 Å². The number of nitrogen functional groups attached to an aromatic ring is 2. The SMILES string of the molecule is COC(=O)c1c(NC(=O)c2sc3nc(N)c(C#N)c(-c4ccco4)c3c2N)sc2c1CCc1ccccc1-2. The molecule has 0 aliphatic heterocycles. The molecule has 1 aromatic carbocycles. The van der Waals surface area contributed by atoms with E-state index in [0.717, 1.165) is 33.8 Å². The number of carbonyl (C=O) groups is 2. The Kier molecular flexibility index (Phi) is 5.63. The van der Waals surface area contributed by atoms with Crippen molar-refractivity contribution in [2.45, 2.75) is 12.8 Å². The zero-order valence-electron chi connectivity index (χ0n) is 20.0. The summed E-state index contributed by atoms with van der Waals surface area (Å²) in [6.07, 6.45) is 2.91. The number of anilines is 3. The van der Waals surface area contributed by atoms with E-state index in [2.05, 4.69) is 22.4 Å². The van der Waals surface area contributed by atoms with Gasteiger partial charge in [0.25, 0.3) is 5.91 Å². The van der Waals surface area contributed by atoms with Gasteiger partial charge in [-0.3, -0.25) is 4.79 Å². The molecule has 9 nitrogen and oxygen atoms in total. The monoisotopic (exact) mass is 541 g/mol. The number of nitrogens with one attached hydrogen (secondary N) is 1. The summed E-state index contributed by atoms with van der Waals surface area (Å²) in [4.78, 5) is 32.3. The van der Waals surface area contributed by atoms with Gasteiger partial charge in [-0.15, -0.1) is 22.7 Å². The summed E-state index contributed by atoms with van der Waals surface area (Å²) in [5, 5.41) is 13.4. The number of pyridine rings is 1. The number of methoxy groups -OCH3 is 1. The fraction of sp³-hybridized carbons (Fsp3) is 0.111. The van der Waals surface area contributed by atoms with Crippen molar-refractivity contribution in [3.8, 4) is 27.8 Å². The third-order valence-electron chi connectivity index (χ3n) is 6.52. The van der Waals surface area contributed by atoms with Crippen LogP contribution in [0.1, 0.15) is 36.7 Å². The summed E-state index contributed by atoms with van der Waals surface area (Å²) in [7, 11) is 1.32. The molecule has 11 heteroatoms.